The van der Waals surface area contributed by atoms with Gasteiger partial charge in [-0.2, -0.15) is 13.2 Å². The third kappa shape index (κ3) is 6.49. The molecule has 0 unspecified atom stereocenters. The summed E-state index contributed by atoms with van der Waals surface area (Å²) in [4.78, 5) is 1.71. The lowest BCUT2D eigenvalue weighted by atomic mass is 10.1. The molecule has 0 aromatic heterocycles. The Morgan fingerprint density at radius 3 is 2.56 bits per heavy atom. The standard InChI is InChI=1S/C13H19F3N2/c1-18(9-7-13(14,15)16)8-3-5-11-4-2-6-12(17)10-11/h2,4,6,10H,3,5,7-9,17H2,1H3. The topological polar surface area (TPSA) is 29.3 Å². The van der Waals surface area contributed by atoms with Crippen LogP contribution >= 0.6 is 0 Å². The molecule has 102 valence electrons. The fourth-order valence-electron chi connectivity index (χ4n) is 1.73. The van der Waals surface area contributed by atoms with Crippen molar-refractivity contribution in [3.8, 4) is 0 Å². The SMILES string of the molecule is CN(CCCc1cccc(N)c1)CCC(F)(F)F. The summed E-state index contributed by atoms with van der Waals surface area (Å²) in [6.07, 6.45) is -3.15. The van der Waals surface area contributed by atoms with E-state index in [1.54, 1.807) is 11.9 Å². The van der Waals surface area contributed by atoms with Crippen LogP contribution in [0.1, 0.15) is 18.4 Å². The summed E-state index contributed by atoms with van der Waals surface area (Å²) in [7, 11) is 1.71. The van der Waals surface area contributed by atoms with Crippen LogP contribution in [0.2, 0.25) is 0 Å². The van der Waals surface area contributed by atoms with Gasteiger partial charge in [0.2, 0.25) is 0 Å². The summed E-state index contributed by atoms with van der Waals surface area (Å²) in [6, 6.07) is 7.58. The van der Waals surface area contributed by atoms with E-state index < -0.39 is 12.6 Å². The van der Waals surface area contributed by atoms with Crippen LogP contribution in [0.4, 0.5) is 18.9 Å². The Bertz CT molecular complexity index is 363. The van der Waals surface area contributed by atoms with Crippen LogP contribution in [-0.2, 0) is 6.42 Å². The molecular formula is C13H19F3N2. The number of rotatable bonds is 6. The third-order valence-corrected chi connectivity index (χ3v) is 2.73. The molecule has 0 radical (unpaired) electrons. The van der Waals surface area contributed by atoms with E-state index >= 15 is 0 Å². The highest BCUT2D eigenvalue weighted by Crippen LogP contribution is 2.19. The van der Waals surface area contributed by atoms with Gasteiger partial charge in [0.15, 0.2) is 0 Å². The lowest BCUT2D eigenvalue weighted by molar-refractivity contribution is -0.137. The number of hydrogen-bond donors (Lipinski definition) is 1. The van der Waals surface area contributed by atoms with E-state index in [0.717, 1.165) is 24.1 Å². The first-order chi connectivity index (χ1) is 8.37. The highest BCUT2D eigenvalue weighted by atomic mass is 19.4. The van der Waals surface area contributed by atoms with Gasteiger partial charge in [-0.3, -0.25) is 0 Å². The number of nitrogen functional groups attached to an aromatic ring is 1. The molecule has 1 aromatic rings. The van der Waals surface area contributed by atoms with Crippen LogP contribution in [-0.4, -0.2) is 31.2 Å². The lowest BCUT2D eigenvalue weighted by Crippen LogP contribution is -2.25. The smallest absolute Gasteiger partial charge is 0.390 e. The molecule has 2 N–H and O–H groups in total. The second kappa shape index (κ2) is 6.64. The van der Waals surface area contributed by atoms with Gasteiger partial charge in [0.25, 0.3) is 0 Å². The number of alkyl halides is 3. The first-order valence-electron chi connectivity index (χ1n) is 5.96. The van der Waals surface area contributed by atoms with Gasteiger partial charge in [0.05, 0.1) is 6.42 Å². The molecule has 0 saturated heterocycles. The summed E-state index contributed by atoms with van der Waals surface area (Å²) in [5.41, 5.74) is 7.49. The van der Waals surface area contributed by atoms with Crippen LogP contribution in [0.3, 0.4) is 0 Å². The number of benzene rings is 1. The van der Waals surface area contributed by atoms with E-state index in [1.807, 2.05) is 24.3 Å². The van der Waals surface area contributed by atoms with E-state index in [1.165, 1.54) is 0 Å². The van der Waals surface area contributed by atoms with Crippen molar-refractivity contribution in [1.82, 2.24) is 4.90 Å². The number of anilines is 1. The fraction of sp³-hybridized carbons (Fsp3) is 0.538. The average molecular weight is 260 g/mol. The van der Waals surface area contributed by atoms with Gasteiger partial charge in [0.1, 0.15) is 0 Å². The normalized spacial score (nSPS) is 12.1. The molecule has 0 bridgehead atoms. The van der Waals surface area contributed by atoms with Crippen LogP contribution in [0.5, 0.6) is 0 Å². The van der Waals surface area contributed by atoms with Crippen molar-refractivity contribution in [2.24, 2.45) is 0 Å². The first-order valence-corrected chi connectivity index (χ1v) is 5.96. The lowest BCUT2D eigenvalue weighted by Gasteiger charge is -2.17. The monoisotopic (exact) mass is 260 g/mol. The van der Waals surface area contributed by atoms with Crippen molar-refractivity contribution in [3.63, 3.8) is 0 Å². The van der Waals surface area contributed by atoms with Crippen molar-refractivity contribution < 1.29 is 13.2 Å². The van der Waals surface area contributed by atoms with Gasteiger partial charge in [-0.15, -0.1) is 0 Å². The minimum absolute atomic E-state index is 0.0560. The van der Waals surface area contributed by atoms with Crippen molar-refractivity contribution in [2.75, 3.05) is 25.9 Å². The Kier molecular flexibility index (Phi) is 5.47. The zero-order valence-electron chi connectivity index (χ0n) is 10.5. The molecule has 0 aliphatic heterocycles. The van der Waals surface area contributed by atoms with Gasteiger partial charge in [-0.1, -0.05) is 12.1 Å². The number of nitrogens with two attached hydrogens (primary N) is 1. The molecule has 1 aromatic carbocycles. The molecular weight excluding hydrogens is 241 g/mol. The molecule has 18 heavy (non-hydrogen) atoms. The quantitative estimate of drug-likeness (QED) is 0.796. The molecule has 0 fully saturated rings. The van der Waals surface area contributed by atoms with Crippen molar-refractivity contribution in [1.29, 1.82) is 0 Å². The van der Waals surface area contributed by atoms with E-state index in [2.05, 4.69) is 0 Å². The fourth-order valence-corrected chi connectivity index (χ4v) is 1.73. The van der Waals surface area contributed by atoms with Gasteiger partial charge < -0.3 is 10.6 Å². The number of nitrogens with zero attached hydrogens (tertiary/aromatic N) is 1. The molecule has 0 heterocycles. The molecule has 0 amide bonds. The summed E-state index contributed by atoms with van der Waals surface area (Å²) >= 11 is 0. The Hall–Kier alpha value is -1.23. The van der Waals surface area contributed by atoms with Gasteiger partial charge >= 0.3 is 6.18 Å². The molecule has 0 saturated carbocycles. The molecule has 5 heteroatoms. The van der Waals surface area contributed by atoms with Crippen molar-refractivity contribution >= 4 is 5.69 Å². The van der Waals surface area contributed by atoms with E-state index in [-0.39, 0.29) is 6.54 Å². The molecule has 0 atom stereocenters. The molecule has 2 nitrogen and oxygen atoms in total. The minimum Gasteiger partial charge on any atom is -0.399 e. The highest BCUT2D eigenvalue weighted by molar-refractivity contribution is 5.40. The molecule has 1 rings (SSSR count). The van der Waals surface area contributed by atoms with E-state index in [0.29, 0.717) is 6.54 Å². The Balaban J connectivity index is 2.21. The van der Waals surface area contributed by atoms with Crippen LogP contribution < -0.4 is 5.73 Å². The largest absolute Gasteiger partial charge is 0.399 e. The maximum atomic E-state index is 12.0. The van der Waals surface area contributed by atoms with E-state index in [9.17, 15) is 13.2 Å². The maximum Gasteiger partial charge on any atom is 0.390 e. The zero-order chi connectivity index (χ0) is 13.6. The van der Waals surface area contributed by atoms with Crippen molar-refractivity contribution in [2.45, 2.75) is 25.4 Å². The summed E-state index contributed by atoms with van der Waals surface area (Å²) in [5.74, 6) is 0. The summed E-state index contributed by atoms with van der Waals surface area (Å²) in [6.45, 7) is 0.714. The van der Waals surface area contributed by atoms with Gasteiger partial charge in [-0.05, 0) is 44.1 Å². The predicted octanol–water partition coefficient (Wildman–Crippen LogP) is 3.09. The van der Waals surface area contributed by atoms with Crippen LogP contribution in [0.25, 0.3) is 0 Å². The summed E-state index contributed by atoms with van der Waals surface area (Å²) in [5, 5.41) is 0. The highest BCUT2D eigenvalue weighted by Gasteiger charge is 2.26. The molecule has 0 aliphatic rings. The van der Waals surface area contributed by atoms with Crippen LogP contribution in [0.15, 0.2) is 24.3 Å². The molecule has 0 aliphatic carbocycles. The Morgan fingerprint density at radius 2 is 1.94 bits per heavy atom. The predicted molar refractivity (Wildman–Crippen MR) is 67.3 cm³/mol. The minimum atomic E-state index is -4.07. The average Bonchev–Trinajstić information content (AvgIpc) is 2.25. The van der Waals surface area contributed by atoms with Gasteiger partial charge in [-0.25, -0.2) is 0 Å². The number of hydrogen-bond acceptors (Lipinski definition) is 2. The maximum absolute atomic E-state index is 12.0. The third-order valence-electron chi connectivity index (χ3n) is 2.73. The summed E-state index contributed by atoms with van der Waals surface area (Å²) < 4.78 is 36.0. The Morgan fingerprint density at radius 1 is 1.22 bits per heavy atom. The van der Waals surface area contributed by atoms with Crippen LogP contribution in [0, 0.1) is 0 Å². The second-order valence-corrected chi connectivity index (χ2v) is 4.52. The van der Waals surface area contributed by atoms with Gasteiger partial charge in [0, 0.05) is 12.2 Å². The second-order valence-electron chi connectivity index (χ2n) is 4.52. The Labute approximate surface area is 106 Å². The zero-order valence-corrected chi connectivity index (χ0v) is 10.5. The number of halogens is 3. The van der Waals surface area contributed by atoms with Crippen molar-refractivity contribution in [3.05, 3.63) is 29.8 Å². The first kappa shape index (κ1) is 14.8. The number of aryl methyl sites for hydroxylation is 1. The van der Waals surface area contributed by atoms with E-state index in [4.69, 9.17) is 5.73 Å². The molecule has 0 spiro atoms.